The van der Waals surface area contributed by atoms with Crippen LogP contribution in [0.3, 0.4) is 0 Å². The molecule has 0 bridgehead atoms. The molecule has 0 saturated carbocycles. The summed E-state index contributed by atoms with van der Waals surface area (Å²) < 4.78 is 1.17. The third-order valence-electron chi connectivity index (χ3n) is 2.24. The van der Waals surface area contributed by atoms with E-state index in [0.717, 1.165) is 0 Å². The quantitative estimate of drug-likeness (QED) is 0.907. The summed E-state index contributed by atoms with van der Waals surface area (Å²) in [5, 5.41) is 4.85. The second-order valence-corrected chi connectivity index (χ2v) is 7.28. The predicted molar refractivity (Wildman–Crippen MR) is 72.5 cm³/mol. The third kappa shape index (κ3) is 2.50. The summed E-state index contributed by atoms with van der Waals surface area (Å²) in [4.78, 5) is 0. The van der Waals surface area contributed by atoms with E-state index in [1.165, 1.54) is 27.3 Å². The minimum Gasteiger partial charge on any atom is -0.323 e. The molecule has 2 atom stereocenters. The van der Waals surface area contributed by atoms with Gasteiger partial charge in [-0.1, -0.05) is 0 Å². The van der Waals surface area contributed by atoms with Gasteiger partial charge in [0.15, 0.2) is 0 Å². The molecule has 2 unspecified atom stereocenters. The maximum Gasteiger partial charge on any atom is 0.0443 e. The monoisotopic (exact) mass is 309 g/mol. The van der Waals surface area contributed by atoms with Crippen molar-refractivity contribution < 1.29 is 0 Å². The molecule has 1 saturated heterocycles. The highest BCUT2D eigenvalue weighted by molar-refractivity contribution is 9.10. The van der Waals surface area contributed by atoms with Gasteiger partial charge in [0.05, 0.1) is 0 Å². The zero-order valence-corrected chi connectivity index (χ0v) is 11.6. The Morgan fingerprint density at radius 3 is 2.86 bits per heavy atom. The van der Waals surface area contributed by atoms with Crippen LogP contribution in [-0.2, 0) is 0 Å². The maximum atomic E-state index is 6.26. The van der Waals surface area contributed by atoms with Gasteiger partial charge in [-0.05, 0) is 26.9 Å². The average Bonchev–Trinajstić information content (AvgIpc) is 2.65. The van der Waals surface area contributed by atoms with Crippen LogP contribution in [0.25, 0.3) is 0 Å². The van der Waals surface area contributed by atoms with Crippen LogP contribution in [0.4, 0.5) is 0 Å². The Bertz CT molecular complexity index is 296. The van der Waals surface area contributed by atoms with Crippen LogP contribution in [-0.4, -0.2) is 22.5 Å². The third-order valence-corrected chi connectivity index (χ3v) is 6.88. The largest absolute Gasteiger partial charge is 0.323 e. The van der Waals surface area contributed by atoms with Crippen LogP contribution < -0.4 is 5.73 Å². The van der Waals surface area contributed by atoms with Crippen molar-refractivity contribution in [3.05, 3.63) is 20.8 Å². The number of rotatable bonds is 2. The number of thioether (sulfide) groups is 2. The molecule has 1 aromatic rings. The molecule has 1 aromatic heterocycles. The summed E-state index contributed by atoms with van der Waals surface area (Å²) in [6.45, 7) is 0. The minimum absolute atomic E-state index is 0.188. The highest BCUT2D eigenvalue weighted by Gasteiger charge is 2.24. The number of halogens is 1. The Hall–Kier alpha value is 0.840. The molecule has 0 amide bonds. The summed E-state index contributed by atoms with van der Waals surface area (Å²) in [5.74, 6) is 3.71. The van der Waals surface area contributed by atoms with Crippen LogP contribution >= 0.6 is 50.8 Å². The van der Waals surface area contributed by atoms with Gasteiger partial charge in [-0.15, -0.1) is 0 Å². The lowest BCUT2D eigenvalue weighted by Crippen LogP contribution is -2.28. The van der Waals surface area contributed by atoms with E-state index in [-0.39, 0.29) is 6.04 Å². The van der Waals surface area contributed by atoms with Crippen LogP contribution in [0.15, 0.2) is 15.2 Å². The van der Waals surface area contributed by atoms with Crippen molar-refractivity contribution in [1.29, 1.82) is 0 Å². The molecule has 0 aromatic carbocycles. The van der Waals surface area contributed by atoms with E-state index >= 15 is 0 Å². The van der Waals surface area contributed by atoms with Gasteiger partial charge in [0.2, 0.25) is 0 Å². The van der Waals surface area contributed by atoms with Crippen molar-refractivity contribution in [3.63, 3.8) is 0 Å². The van der Waals surface area contributed by atoms with Crippen LogP contribution in [0.1, 0.15) is 11.6 Å². The van der Waals surface area contributed by atoms with Crippen molar-refractivity contribution in [1.82, 2.24) is 0 Å². The second-order valence-electron chi connectivity index (χ2n) is 3.19. The first-order chi connectivity index (χ1) is 6.79. The fourth-order valence-electron chi connectivity index (χ4n) is 1.44. The summed E-state index contributed by atoms with van der Waals surface area (Å²) in [6, 6.07) is 0.188. The lowest BCUT2D eigenvalue weighted by Gasteiger charge is -2.26. The highest BCUT2D eigenvalue weighted by Crippen LogP contribution is 2.36. The number of hydrogen-bond acceptors (Lipinski definition) is 4. The van der Waals surface area contributed by atoms with Crippen LogP contribution in [0.5, 0.6) is 0 Å². The van der Waals surface area contributed by atoms with Crippen molar-refractivity contribution in [2.45, 2.75) is 11.3 Å². The molecule has 78 valence electrons. The number of nitrogens with two attached hydrogens (primary N) is 1. The van der Waals surface area contributed by atoms with Gasteiger partial charge in [-0.25, -0.2) is 0 Å². The molecule has 2 heterocycles. The molecule has 0 spiro atoms. The predicted octanol–water partition coefficient (Wildman–Crippen LogP) is 3.36. The van der Waals surface area contributed by atoms with Crippen molar-refractivity contribution >= 4 is 50.8 Å². The topological polar surface area (TPSA) is 26.0 Å². The molecule has 14 heavy (non-hydrogen) atoms. The van der Waals surface area contributed by atoms with E-state index in [2.05, 4.69) is 26.7 Å². The van der Waals surface area contributed by atoms with Gasteiger partial charge in [0.1, 0.15) is 0 Å². The fourth-order valence-corrected chi connectivity index (χ4v) is 5.84. The van der Waals surface area contributed by atoms with Gasteiger partial charge in [0, 0.05) is 38.4 Å². The van der Waals surface area contributed by atoms with Gasteiger partial charge in [-0.2, -0.15) is 34.9 Å². The summed E-state index contributed by atoms with van der Waals surface area (Å²) >= 11 is 9.30. The van der Waals surface area contributed by atoms with Crippen molar-refractivity contribution in [2.24, 2.45) is 5.73 Å². The standard InChI is InChI=1S/C9H12BrNS3/c10-7-4-13-3-6(7)9(11)8-5-12-1-2-14-8/h3-4,8-9H,1-2,5,11H2. The lowest BCUT2D eigenvalue weighted by molar-refractivity contribution is 0.719. The molecule has 1 fully saturated rings. The van der Waals surface area contributed by atoms with Crippen LogP contribution in [0, 0.1) is 0 Å². The first kappa shape index (κ1) is 11.3. The molecule has 1 nitrogen and oxygen atoms in total. The Labute approximate surface area is 105 Å². The highest BCUT2D eigenvalue weighted by atomic mass is 79.9. The van der Waals surface area contributed by atoms with E-state index in [1.807, 2.05) is 23.5 Å². The summed E-state index contributed by atoms with van der Waals surface area (Å²) in [5.41, 5.74) is 7.53. The zero-order valence-electron chi connectivity index (χ0n) is 7.61. The Kier molecular flexibility index (Phi) is 4.25. The normalized spacial score (nSPS) is 24.9. The van der Waals surface area contributed by atoms with Gasteiger partial charge >= 0.3 is 0 Å². The Balaban J connectivity index is 2.07. The number of thiophene rings is 1. The van der Waals surface area contributed by atoms with Crippen molar-refractivity contribution in [2.75, 3.05) is 17.3 Å². The van der Waals surface area contributed by atoms with E-state index in [9.17, 15) is 0 Å². The molecular weight excluding hydrogens is 298 g/mol. The van der Waals surface area contributed by atoms with Crippen molar-refractivity contribution in [3.8, 4) is 0 Å². The molecule has 5 heteroatoms. The second kappa shape index (κ2) is 5.25. The molecule has 2 rings (SSSR count). The van der Waals surface area contributed by atoms with E-state index in [0.29, 0.717) is 5.25 Å². The summed E-state index contributed by atoms with van der Waals surface area (Å²) in [7, 11) is 0. The van der Waals surface area contributed by atoms with Gasteiger partial charge < -0.3 is 5.73 Å². The first-order valence-electron chi connectivity index (χ1n) is 4.45. The molecular formula is C9H12BrNS3. The lowest BCUT2D eigenvalue weighted by atomic mass is 10.1. The molecule has 2 N–H and O–H groups in total. The van der Waals surface area contributed by atoms with E-state index in [4.69, 9.17) is 5.73 Å². The number of hydrogen-bond donors (Lipinski definition) is 1. The summed E-state index contributed by atoms with van der Waals surface area (Å²) in [6.07, 6.45) is 0. The molecule has 0 radical (unpaired) electrons. The Morgan fingerprint density at radius 1 is 1.43 bits per heavy atom. The fraction of sp³-hybridized carbons (Fsp3) is 0.556. The van der Waals surface area contributed by atoms with E-state index in [1.54, 1.807) is 11.3 Å². The van der Waals surface area contributed by atoms with Crippen LogP contribution in [0.2, 0.25) is 0 Å². The molecule has 0 aliphatic carbocycles. The van der Waals surface area contributed by atoms with Gasteiger partial charge in [0.25, 0.3) is 0 Å². The molecule has 1 aliphatic rings. The molecule has 1 aliphatic heterocycles. The maximum absolute atomic E-state index is 6.26. The SMILES string of the molecule is NC(c1cscc1Br)C1CSCCS1. The minimum atomic E-state index is 0.188. The van der Waals surface area contributed by atoms with Gasteiger partial charge in [-0.3, -0.25) is 0 Å². The first-order valence-corrected chi connectivity index (χ1v) is 8.39. The smallest absolute Gasteiger partial charge is 0.0443 e. The zero-order chi connectivity index (χ0) is 9.97. The van der Waals surface area contributed by atoms with E-state index < -0.39 is 0 Å². The average molecular weight is 310 g/mol. The Morgan fingerprint density at radius 2 is 2.29 bits per heavy atom.